The Labute approximate surface area is 171 Å². The van der Waals surface area contributed by atoms with Crippen LogP contribution in [0, 0.1) is 29.6 Å². The molecule has 2 fully saturated rings. The zero-order chi connectivity index (χ0) is 20.4. The average Bonchev–Trinajstić information content (AvgIpc) is 2.74. The van der Waals surface area contributed by atoms with E-state index in [0.717, 1.165) is 30.6 Å². The van der Waals surface area contributed by atoms with Gasteiger partial charge in [0.25, 0.3) is 0 Å². The number of carbonyl (C=O) groups is 1. The first-order chi connectivity index (χ1) is 13.6. The third kappa shape index (κ3) is 7.18. The highest BCUT2D eigenvalue weighted by Gasteiger charge is 2.33. The Morgan fingerprint density at radius 2 is 1.61 bits per heavy atom. The quantitative estimate of drug-likeness (QED) is 0.298. The third-order valence-electron chi connectivity index (χ3n) is 7.40. The molecule has 28 heavy (non-hydrogen) atoms. The molecule has 0 heterocycles. The number of esters is 1. The van der Waals surface area contributed by atoms with Gasteiger partial charge in [-0.15, -0.1) is 0 Å². The van der Waals surface area contributed by atoms with Gasteiger partial charge < -0.3 is 14.9 Å². The molecule has 0 amide bonds. The van der Waals surface area contributed by atoms with Crippen LogP contribution in [0.15, 0.2) is 12.2 Å². The van der Waals surface area contributed by atoms with Crippen molar-refractivity contribution in [2.75, 3.05) is 19.8 Å². The molecule has 0 aromatic rings. The second-order valence-electron chi connectivity index (χ2n) is 9.25. The van der Waals surface area contributed by atoms with E-state index in [1.165, 1.54) is 64.2 Å². The SMILES string of the molecule is C=C(CO)C(=O)OCC(CO)C1CCC(C2CCC(CCCCC)CC2)CC1. The van der Waals surface area contributed by atoms with Crippen molar-refractivity contribution >= 4 is 5.97 Å². The number of rotatable bonds is 11. The Morgan fingerprint density at radius 1 is 1.00 bits per heavy atom. The molecule has 0 aromatic heterocycles. The van der Waals surface area contributed by atoms with Crippen molar-refractivity contribution in [2.45, 2.75) is 84.0 Å². The van der Waals surface area contributed by atoms with E-state index in [1.54, 1.807) is 0 Å². The predicted molar refractivity (Wildman–Crippen MR) is 113 cm³/mol. The van der Waals surface area contributed by atoms with Gasteiger partial charge in [0.1, 0.15) is 0 Å². The van der Waals surface area contributed by atoms with Crippen LogP contribution in [-0.2, 0) is 9.53 Å². The first-order valence-electron chi connectivity index (χ1n) is 11.7. The molecule has 1 atom stereocenters. The van der Waals surface area contributed by atoms with Gasteiger partial charge in [0.05, 0.1) is 18.8 Å². The van der Waals surface area contributed by atoms with Gasteiger partial charge >= 0.3 is 5.97 Å². The Balaban J connectivity index is 1.68. The number of ether oxygens (including phenoxy) is 1. The van der Waals surface area contributed by atoms with Crippen LogP contribution in [0.4, 0.5) is 0 Å². The highest BCUT2D eigenvalue weighted by atomic mass is 16.5. The molecule has 2 N–H and O–H groups in total. The standard InChI is InChI=1S/C24H42O4/c1-3-4-5-6-19-7-9-20(10-8-19)21-11-13-22(14-12-21)23(16-26)17-28-24(27)18(2)15-25/h19-23,25-26H,2-17H2,1H3. The summed E-state index contributed by atoms with van der Waals surface area (Å²) in [7, 11) is 0. The minimum atomic E-state index is -0.551. The van der Waals surface area contributed by atoms with Crippen molar-refractivity contribution in [1.82, 2.24) is 0 Å². The molecule has 162 valence electrons. The lowest BCUT2D eigenvalue weighted by Crippen LogP contribution is -2.31. The highest BCUT2D eigenvalue weighted by molar-refractivity contribution is 5.87. The van der Waals surface area contributed by atoms with Crippen molar-refractivity contribution in [3.05, 3.63) is 12.2 Å². The van der Waals surface area contributed by atoms with Gasteiger partial charge in [0, 0.05) is 12.5 Å². The van der Waals surface area contributed by atoms with Gasteiger partial charge in [-0.05, 0) is 62.2 Å². The summed E-state index contributed by atoms with van der Waals surface area (Å²) >= 11 is 0. The van der Waals surface area contributed by atoms with Crippen LogP contribution >= 0.6 is 0 Å². The molecule has 2 rings (SSSR count). The maximum Gasteiger partial charge on any atom is 0.335 e. The summed E-state index contributed by atoms with van der Waals surface area (Å²) < 4.78 is 5.24. The summed E-state index contributed by atoms with van der Waals surface area (Å²) in [5, 5.41) is 18.7. The number of aliphatic hydroxyl groups excluding tert-OH is 2. The molecule has 0 aromatic carbocycles. The summed E-state index contributed by atoms with van der Waals surface area (Å²) in [5.74, 6) is 2.62. The van der Waals surface area contributed by atoms with Crippen LogP contribution in [0.5, 0.6) is 0 Å². The largest absolute Gasteiger partial charge is 0.462 e. The van der Waals surface area contributed by atoms with E-state index in [2.05, 4.69) is 13.5 Å². The van der Waals surface area contributed by atoms with Crippen LogP contribution in [0.1, 0.15) is 84.0 Å². The monoisotopic (exact) mass is 394 g/mol. The maximum atomic E-state index is 11.7. The average molecular weight is 395 g/mol. The molecule has 0 radical (unpaired) electrons. The number of aliphatic hydroxyl groups is 2. The molecule has 1 unspecified atom stereocenters. The highest BCUT2D eigenvalue weighted by Crippen LogP contribution is 2.43. The van der Waals surface area contributed by atoms with E-state index >= 15 is 0 Å². The fraction of sp³-hybridized carbons (Fsp3) is 0.875. The van der Waals surface area contributed by atoms with Gasteiger partial charge in [-0.25, -0.2) is 4.79 Å². The Morgan fingerprint density at radius 3 is 2.14 bits per heavy atom. The van der Waals surface area contributed by atoms with E-state index in [4.69, 9.17) is 9.84 Å². The lowest BCUT2D eigenvalue weighted by Gasteiger charge is -2.39. The summed E-state index contributed by atoms with van der Waals surface area (Å²) in [4.78, 5) is 11.7. The normalized spacial score (nSPS) is 29.2. The van der Waals surface area contributed by atoms with Gasteiger partial charge in [0.2, 0.25) is 0 Å². The number of unbranched alkanes of at least 4 members (excludes halogenated alkanes) is 2. The molecule has 2 aliphatic carbocycles. The zero-order valence-corrected chi connectivity index (χ0v) is 17.9. The fourth-order valence-electron chi connectivity index (χ4n) is 5.41. The van der Waals surface area contributed by atoms with Crippen molar-refractivity contribution in [3.63, 3.8) is 0 Å². The third-order valence-corrected chi connectivity index (χ3v) is 7.40. The van der Waals surface area contributed by atoms with E-state index in [1.807, 2.05) is 0 Å². The summed E-state index contributed by atoms with van der Waals surface area (Å²) in [5.41, 5.74) is 0.0747. The summed E-state index contributed by atoms with van der Waals surface area (Å²) in [6.07, 6.45) is 16.0. The van der Waals surface area contributed by atoms with Crippen molar-refractivity contribution < 1.29 is 19.7 Å². The first kappa shape index (κ1) is 23.4. The molecule has 0 saturated heterocycles. The molecule has 4 nitrogen and oxygen atoms in total. The van der Waals surface area contributed by atoms with Crippen LogP contribution < -0.4 is 0 Å². The van der Waals surface area contributed by atoms with E-state index < -0.39 is 5.97 Å². The Hall–Kier alpha value is -0.870. The van der Waals surface area contributed by atoms with Gasteiger partial charge in [-0.2, -0.15) is 0 Å². The van der Waals surface area contributed by atoms with Crippen LogP contribution in [0.2, 0.25) is 0 Å². The summed E-state index contributed by atoms with van der Waals surface area (Å²) in [6.45, 7) is 5.67. The fourth-order valence-corrected chi connectivity index (χ4v) is 5.41. The van der Waals surface area contributed by atoms with Crippen LogP contribution in [0.25, 0.3) is 0 Å². The van der Waals surface area contributed by atoms with E-state index in [-0.39, 0.29) is 31.3 Å². The molecule has 2 saturated carbocycles. The molecular weight excluding hydrogens is 352 g/mol. The number of hydrogen-bond acceptors (Lipinski definition) is 4. The number of carbonyl (C=O) groups excluding carboxylic acids is 1. The van der Waals surface area contributed by atoms with E-state index in [9.17, 15) is 9.90 Å². The maximum absolute atomic E-state index is 11.7. The zero-order valence-electron chi connectivity index (χ0n) is 17.9. The number of hydrogen-bond donors (Lipinski definition) is 2. The minimum Gasteiger partial charge on any atom is -0.462 e. The first-order valence-corrected chi connectivity index (χ1v) is 11.7. The van der Waals surface area contributed by atoms with Crippen LogP contribution in [0.3, 0.4) is 0 Å². The minimum absolute atomic E-state index is 0.00527. The molecule has 4 heteroatoms. The lowest BCUT2D eigenvalue weighted by molar-refractivity contribution is -0.142. The van der Waals surface area contributed by atoms with Crippen molar-refractivity contribution in [2.24, 2.45) is 29.6 Å². The van der Waals surface area contributed by atoms with Gasteiger partial charge in [-0.1, -0.05) is 52.0 Å². The van der Waals surface area contributed by atoms with Gasteiger partial charge in [-0.3, -0.25) is 0 Å². The molecule has 0 spiro atoms. The lowest BCUT2D eigenvalue weighted by atomic mass is 9.67. The molecule has 2 aliphatic rings. The smallest absolute Gasteiger partial charge is 0.335 e. The molecule has 0 bridgehead atoms. The van der Waals surface area contributed by atoms with Crippen molar-refractivity contribution in [1.29, 1.82) is 0 Å². The van der Waals surface area contributed by atoms with Gasteiger partial charge in [0.15, 0.2) is 0 Å². The second-order valence-corrected chi connectivity index (χ2v) is 9.25. The van der Waals surface area contributed by atoms with Crippen LogP contribution in [-0.4, -0.2) is 36.0 Å². The van der Waals surface area contributed by atoms with E-state index in [0.29, 0.717) is 5.92 Å². The van der Waals surface area contributed by atoms with Crippen molar-refractivity contribution in [3.8, 4) is 0 Å². The Bertz CT molecular complexity index is 459. The molecular formula is C24H42O4. The Kier molecular flexibility index (Phi) is 10.6. The topological polar surface area (TPSA) is 66.8 Å². The second kappa shape index (κ2) is 12.6. The molecule has 0 aliphatic heterocycles. The predicted octanol–water partition coefficient (Wildman–Crippen LogP) is 4.88. The summed E-state index contributed by atoms with van der Waals surface area (Å²) in [6, 6.07) is 0.